The topological polar surface area (TPSA) is 59.6 Å². The third-order valence-corrected chi connectivity index (χ3v) is 3.21. The van der Waals surface area contributed by atoms with Gasteiger partial charge in [-0.2, -0.15) is 0 Å². The molecule has 3 N–H and O–H groups in total. The fraction of sp³-hybridized carbons (Fsp3) is 0.909. The zero-order valence-corrected chi connectivity index (χ0v) is 9.41. The summed E-state index contributed by atoms with van der Waals surface area (Å²) >= 11 is 0. The lowest BCUT2D eigenvalue weighted by molar-refractivity contribution is -0.0584. The van der Waals surface area contributed by atoms with Gasteiger partial charge in [0.25, 0.3) is 0 Å². The molecule has 2 bridgehead atoms. The minimum Gasteiger partial charge on any atom is -0.370 e. The Morgan fingerprint density at radius 3 is 3.13 bits per heavy atom. The standard InChI is InChI=1S/C11H21N3O/c1-2-3-4-5-9-8-6-7-10(15-9)14-11(12)13-8/h8-10H,2-7H2,1H3,(H3,12,13,14)/t8?,9-,10?/m1/s1. The van der Waals surface area contributed by atoms with Gasteiger partial charge in [-0.1, -0.05) is 26.2 Å². The Balaban J connectivity index is 1.88. The molecule has 0 amide bonds. The Morgan fingerprint density at radius 2 is 2.33 bits per heavy atom. The number of unbranched alkanes of at least 4 members (excludes halogenated alkanes) is 2. The molecule has 0 aliphatic carbocycles. The van der Waals surface area contributed by atoms with Crippen molar-refractivity contribution in [3.05, 3.63) is 0 Å². The number of aliphatic imine (C=N–C) groups is 1. The van der Waals surface area contributed by atoms with Gasteiger partial charge >= 0.3 is 0 Å². The van der Waals surface area contributed by atoms with Crippen LogP contribution in [0.2, 0.25) is 0 Å². The van der Waals surface area contributed by atoms with Gasteiger partial charge in [0, 0.05) is 0 Å². The first-order valence-electron chi connectivity index (χ1n) is 6.05. The Labute approximate surface area is 91.3 Å². The first-order valence-corrected chi connectivity index (χ1v) is 6.05. The molecule has 0 radical (unpaired) electrons. The van der Waals surface area contributed by atoms with Gasteiger partial charge in [0.05, 0.1) is 12.1 Å². The number of fused-ring (bicyclic) bond motifs is 3. The van der Waals surface area contributed by atoms with Crippen LogP contribution in [0.5, 0.6) is 0 Å². The van der Waals surface area contributed by atoms with Crippen LogP contribution < -0.4 is 11.1 Å². The summed E-state index contributed by atoms with van der Waals surface area (Å²) in [6.07, 6.45) is 7.36. The molecule has 3 rings (SSSR count). The normalized spacial score (nSPS) is 34.5. The minimum atomic E-state index is 0.00266. The van der Waals surface area contributed by atoms with Crippen molar-refractivity contribution in [3.63, 3.8) is 0 Å². The van der Waals surface area contributed by atoms with Crippen molar-refractivity contribution in [3.8, 4) is 0 Å². The van der Waals surface area contributed by atoms with Crippen molar-refractivity contribution in [2.24, 2.45) is 10.7 Å². The van der Waals surface area contributed by atoms with Crippen molar-refractivity contribution in [2.75, 3.05) is 0 Å². The van der Waals surface area contributed by atoms with Crippen LogP contribution in [-0.2, 0) is 4.74 Å². The number of hydrogen-bond donors (Lipinski definition) is 2. The second kappa shape index (κ2) is 4.84. The van der Waals surface area contributed by atoms with E-state index in [2.05, 4.69) is 17.2 Å². The average molecular weight is 211 g/mol. The van der Waals surface area contributed by atoms with Gasteiger partial charge < -0.3 is 15.8 Å². The lowest BCUT2D eigenvalue weighted by Crippen LogP contribution is -2.47. The Morgan fingerprint density at radius 1 is 1.47 bits per heavy atom. The highest BCUT2D eigenvalue weighted by molar-refractivity contribution is 5.78. The van der Waals surface area contributed by atoms with E-state index in [0.717, 1.165) is 19.3 Å². The summed E-state index contributed by atoms with van der Waals surface area (Å²) in [5.74, 6) is 0.556. The quantitative estimate of drug-likeness (QED) is 0.690. The van der Waals surface area contributed by atoms with Crippen LogP contribution >= 0.6 is 0 Å². The third kappa shape index (κ3) is 2.62. The molecule has 3 aliphatic heterocycles. The van der Waals surface area contributed by atoms with Crippen LogP contribution in [0, 0.1) is 0 Å². The van der Waals surface area contributed by atoms with Crippen LogP contribution in [0.4, 0.5) is 0 Å². The summed E-state index contributed by atoms with van der Waals surface area (Å²) in [4.78, 5) is 4.28. The number of nitrogens with zero attached hydrogens (tertiary/aromatic N) is 1. The van der Waals surface area contributed by atoms with E-state index >= 15 is 0 Å². The minimum absolute atomic E-state index is 0.00266. The number of ether oxygens (including phenoxy) is 1. The van der Waals surface area contributed by atoms with E-state index in [9.17, 15) is 0 Å². The van der Waals surface area contributed by atoms with Crippen LogP contribution in [-0.4, -0.2) is 24.3 Å². The molecule has 0 spiro atoms. The molecule has 86 valence electrons. The average Bonchev–Trinajstić information content (AvgIpc) is 2.47. The molecular formula is C11H21N3O. The van der Waals surface area contributed by atoms with E-state index in [1.807, 2.05) is 0 Å². The first-order chi connectivity index (χ1) is 7.29. The highest BCUT2D eigenvalue weighted by Crippen LogP contribution is 2.26. The maximum atomic E-state index is 5.90. The zero-order chi connectivity index (χ0) is 10.7. The number of nitrogens with two attached hydrogens (primary N) is 1. The van der Waals surface area contributed by atoms with Crippen molar-refractivity contribution >= 4 is 5.96 Å². The second-order valence-corrected chi connectivity index (χ2v) is 4.47. The van der Waals surface area contributed by atoms with E-state index in [-0.39, 0.29) is 6.23 Å². The Hall–Kier alpha value is -0.770. The molecule has 4 nitrogen and oxygen atoms in total. The van der Waals surface area contributed by atoms with E-state index in [1.54, 1.807) is 0 Å². The van der Waals surface area contributed by atoms with Crippen LogP contribution in [0.15, 0.2) is 4.99 Å². The summed E-state index contributed by atoms with van der Waals surface area (Å²) in [6.45, 7) is 2.22. The highest BCUT2D eigenvalue weighted by Gasteiger charge is 2.33. The van der Waals surface area contributed by atoms with Crippen molar-refractivity contribution in [2.45, 2.75) is 63.8 Å². The SMILES string of the molecule is CCCCC[C@H]1OC2CCC1NC(N)=N2. The second-order valence-electron chi connectivity index (χ2n) is 4.47. The third-order valence-electron chi connectivity index (χ3n) is 3.21. The number of hydrogen-bond acceptors (Lipinski definition) is 4. The van der Waals surface area contributed by atoms with Crippen molar-refractivity contribution in [1.82, 2.24) is 5.32 Å². The smallest absolute Gasteiger partial charge is 0.191 e. The van der Waals surface area contributed by atoms with Gasteiger partial charge in [-0.15, -0.1) is 0 Å². The molecule has 4 heteroatoms. The fourth-order valence-electron chi connectivity index (χ4n) is 2.38. The molecule has 3 atom stereocenters. The molecular weight excluding hydrogens is 190 g/mol. The van der Waals surface area contributed by atoms with E-state index in [1.165, 1.54) is 19.3 Å². The fourth-order valence-corrected chi connectivity index (χ4v) is 2.38. The maximum absolute atomic E-state index is 5.90. The molecule has 0 aromatic carbocycles. The predicted molar refractivity (Wildman–Crippen MR) is 60.6 cm³/mol. The number of rotatable bonds is 4. The molecule has 15 heavy (non-hydrogen) atoms. The largest absolute Gasteiger partial charge is 0.370 e. The molecule has 3 heterocycles. The van der Waals surface area contributed by atoms with Crippen LogP contribution in [0.1, 0.15) is 45.4 Å². The van der Waals surface area contributed by atoms with Gasteiger partial charge in [-0.25, -0.2) is 4.99 Å². The zero-order valence-electron chi connectivity index (χ0n) is 9.41. The molecule has 1 fully saturated rings. The van der Waals surface area contributed by atoms with Crippen LogP contribution in [0.25, 0.3) is 0 Å². The monoisotopic (exact) mass is 211 g/mol. The molecule has 3 aliphatic rings. The Kier molecular flexibility index (Phi) is 3.46. The summed E-state index contributed by atoms with van der Waals surface area (Å²) in [7, 11) is 0. The first kappa shape index (κ1) is 10.7. The lowest BCUT2D eigenvalue weighted by Gasteiger charge is -2.32. The van der Waals surface area contributed by atoms with Crippen molar-refractivity contribution in [1.29, 1.82) is 0 Å². The van der Waals surface area contributed by atoms with Gasteiger partial charge in [-0.3, -0.25) is 0 Å². The van der Waals surface area contributed by atoms with Crippen LogP contribution in [0.3, 0.4) is 0 Å². The summed E-state index contributed by atoms with van der Waals surface area (Å²) in [6, 6.07) is 0.379. The van der Waals surface area contributed by atoms with Gasteiger partial charge in [-0.05, 0) is 19.3 Å². The van der Waals surface area contributed by atoms with Gasteiger partial charge in [0.15, 0.2) is 12.2 Å². The summed E-state index contributed by atoms with van der Waals surface area (Å²) in [5, 5.41) is 3.25. The summed E-state index contributed by atoms with van der Waals surface area (Å²) < 4.78 is 5.90. The van der Waals surface area contributed by atoms with E-state index < -0.39 is 0 Å². The molecule has 2 unspecified atom stereocenters. The highest BCUT2D eigenvalue weighted by atomic mass is 16.5. The van der Waals surface area contributed by atoms with E-state index in [4.69, 9.17) is 10.5 Å². The molecule has 1 saturated heterocycles. The number of guanidine groups is 1. The lowest BCUT2D eigenvalue weighted by atomic mass is 9.97. The molecule has 0 saturated carbocycles. The van der Waals surface area contributed by atoms with E-state index in [0.29, 0.717) is 18.1 Å². The Bertz CT molecular complexity index is 242. The predicted octanol–water partition coefficient (Wildman–Crippen LogP) is 1.36. The summed E-state index contributed by atoms with van der Waals surface area (Å²) in [5.41, 5.74) is 5.73. The maximum Gasteiger partial charge on any atom is 0.191 e. The van der Waals surface area contributed by atoms with Gasteiger partial charge in [0.2, 0.25) is 0 Å². The molecule has 0 aromatic rings. The van der Waals surface area contributed by atoms with Gasteiger partial charge in [0.1, 0.15) is 0 Å². The molecule has 0 aromatic heterocycles. The number of nitrogens with one attached hydrogen (secondary N) is 1. The van der Waals surface area contributed by atoms with Crippen molar-refractivity contribution < 1.29 is 4.74 Å².